The summed E-state index contributed by atoms with van der Waals surface area (Å²) in [5.41, 5.74) is 6.55. The van der Waals surface area contributed by atoms with Gasteiger partial charge in [0.05, 0.1) is 5.69 Å². The number of aromatic nitrogens is 1. The summed E-state index contributed by atoms with van der Waals surface area (Å²) in [4.78, 5) is 18.8. The van der Waals surface area contributed by atoms with Crippen LogP contribution >= 0.6 is 11.3 Å². The summed E-state index contributed by atoms with van der Waals surface area (Å²) in [5, 5.41) is 5.31. The Morgan fingerprint density at radius 3 is 2.75 bits per heavy atom. The number of carbonyl (C=O) groups is 1. The van der Waals surface area contributed by atoms with Gasteiger partial charge in [0, 0.05) is 18.5 Å². The number of hydrogen-bond donors (Lipinski definition) is 2. The van der Waals surface area contributed by atoms with E-state index in [2.05, 4.69) is 29.0 Å². The van der Waals surface area contributed by atoms with Crippen LogP contribution in [0.1, 0.15) is 29.3 Å². The van der Waals surface area contributed by atoms with E-state index in [1.54, 1.807) is 5.38 Å². The third-order valence-corrected chi connectivity index (χ3v) is 4.52. The molecule has 0 unspecified atom stereocenters. The molecule has 1 amide bonds. The summed E-state index contributed by atoms with van der Waals surface area (Å²) in [6.07, 6.45) is 0. The van der Waals surface area contributed by atoms with Crippen LogP contribution in [0.2, 0.25) is 0 Å². The number of anilines is 1. The molecule has 0 saturated carbocycles. The maximum absolute atomic E-state index is 12.3. The summed E-state index contributed by atoms with van der Waals surface area (Å²) in [6, 6.07) is 7.42. The number of thiazole rings is 1. The van der Waals surface area contributed by atoms with Crippen molar-refractivity contribution in [1.29, 1.82) is 0 Å². The van der Waals surface area contributed by atoms with Crippen molar-refractivity contribution in [3.05, 3.63) is 40.3 Å². The summed E-state index contributed by atoms with van der Waals surface area (Å²) < 4.78 is 5.84. The van der Waals surface area contributed by atoms with Crippen molar-refractivity contribution in [3.63, 3.8) is 0 Å². The van der Waals surface area contributed by atoms with E-state index in [-0.39, 0.29) is 5.91 Å². The van der Waals surface area contributed by atoms with Crippen LogP contribution in [-0.4, -0.2) is 42.0 Å². The van der Waals surface area contributed by atoms with Gasteiger partial charge in [0.15, 0.2) is 0 Å². The predicted molar refractivity (Wildman–Crippen MR) is 97.7 cm³/mol. The maximum atomic E-state index is 12.3. The summed E-state index contributed by atoms with van der Waals surface area (Å²) in [7, 11) is 0. The fraction of sp³-hybridized carbons (Fsp3) is 0.412. The molecule has 1 heterocycles. The van der Waals surface area contributed by atoms with Crippen LogP contribution in [0.4, 0.5) is 5.69 Å². The molecule has 0 fully saturated rings. The highest BCUT2D eigenvalue weighted by Crippen LogP contribution is 2.24. The Kier molecular flexibility index (Phi) is 7.17. The number of likely N-dealkylation sites (N-methyl/N-ethyl adjacent to an activating group) is 1. The van der Waals surface area contributed by atoms with Gasteiger partial charge >= 0.3 is 0 Å². The molecule has 7 heteroatoms. The van der Waals surface area contributed by atoms with Crippen molar-refractivity contribution in [3.8, 4) is 5.75 Å². The number of benzene rings is 1. The smallest absolute Gasteiger partial charge is 0.275 e. The molecule has 0 spiro atoms. The molecule has 1 aromatic heterocycles. The zero-order valence-electron chi connectivity index (χ0n) is 14.1. The molecule has 0 aliphatic rings. The molecule has 0 bridgehead atoms. The third kappa shape index (κ3) is 5.02. The van der Waals surface area contributed by atoms with Crippen molar-refractivity contribution in [2.45, 2.75) is 20.4 Å². The van der Waals surface area contributed by atoms with E-state index in [1.165, 1.54) is 11.3 Å². The third-order valence-electron chi connectivity index (χ3n) is 3.65. The van der Waals surface area contributed by atoms with Crippen LogP contribution < -0.4 is 15.8 Å². The zero-order chi connectivity index (χ0) is 17.4. The van der Waals surface area contributed by atoms with Gasteiger partial charge in [0.1, 0.15) is 23.1 Å². The lowest BCUT2D eigenvalue weighted by molar-refractivity contribution is 0.102. The molecule has 6 nitrogen and oxygen atoms in total. The molecule has 0 saturated heterocycles. The maximum Gasteiger partial charge on any atom is 0.275 e. The van der Waals surface area contributed by atoms with E-state index in [9.17, 15) is 4.79 Å². The van der Waals surface area contributed by atoms with Crippen molar-refractivity contribution in [1.82, 2.24) is 9.88 Å². The lowest BCUT2D eigenvalue weighted by Gasteiger charge is -2.19. The number of rotatable bonds is 9. The molecule has 0 atom stereocenters. The first kappa shape index (κ1) is 18.4. The molecule has 0 aliphatic carbocycles. The van der Waals surface area contributed by atoms with Gasteiger partial charge in [-0.25, -0.2) is 4.98 Å². The number of para-hydroxylation sites is 2. The Morgan fingerprint density at radius 2 is 2.08 bits per heavy atom. The van der Waals surface area contributed by atoms with Gasteiger partial charge in [-0.3, -0.25) is 4.79 Å². The molecule has 1 aromatic carbocycles. The molecule has 130 valence electrons. The monoisotopic (exact) mass is 348 g/mol. The van der Waals surface area contributed by atoms with E-state index in [1.807, 2.05) is 24.3 Å². The minimum absolute atomic E-state index is 0.259. The standard InChI is InChI=1S/C17H24N4O2S/c1-3-21(4-2)9-10-23-15-8-6-5-7-13(15)20-17(22)14-12-24-16(11-18)19-14/h5-8,12H,3-4,9-11,18H2,1-2H3,(H,20,22). The first-order valence-corrected chi connectivity index (χ1v) is 8.95. The van der Waals surface area contributed by atoms with Gasteiger partial charge in [0.2, 0.25) is 0 Å². The van der Waals surface area contributed by atoms with Crippen LogP contribution in [0, 0.1) is 0 Å². The van der Waals surface area contributed by atoms with Crippen LogP contribution in [-0.2, 0) is 6.54 Å². The summed E-state index contributed by atoms with van der Waals surface area (Å²) >= 11 is 1.38. The fourth-order valence-electron chi connectivity index (χ4n) is 2.22. The number of nitrogens with two attached hydrogens (primary N) is 1. The van der Waals surface area contributed by atoms with Gasteiger partial charge in [-0.1, -0.05) is 26.0 Å². The lowest BCUT2D eigenvalue weighted by atomic mass is 10.3. The first-order chi connectivity index (χ1) is 11.7. The minimum atomic E-state index is -0.259. The van der Waals surface area contributed by atoms with E-state index in [4.69, 9.17) is 10.5 Å². The Hall–Kier alpha value is -1.96. The molecular weight excluding hydrogens is 324 g/mol. The van der Waals surface area contributed by atoms with E-state index in [0.717, 1.165) is 24.6 Å². The van der Waals surface area contributed by atoms with Crippen molar-refractivity contribution < 1.29 is 9.53 Å². The molecule has 2 aromatic rings. The van der Waals surface area contributed by atoms with Gasteiger partial charge in [-0.2, -0.15) is 0 Å². The Morgan fingerprint density at radius 1 is 1.33 bits per heavy atom. The Balaban J connectivity index is 1.99. The number of ether oxygens (including phenoxy) is 1. The van der Waals surface area contributed by atoms with Gasteiger partial charge in [-0.05, 0) is 25.2 Å². The van der Waals surface area contributed by atoms with Crippen molar-refractivity contribution >= 4 is 22.9 Å². The van der Waals surface area contributed by atoms with Gasteiger partial charge in [0.25, 0.3) is 5.91 Å². The topological polar surface area (TPSA) is 80.5 Å². The number of carbonyl (C=O) groups excluding carboxylic acids is 1. The number of nitrogens with zero attached hydrogens (tertiary/aromatic N) is 2. The highest BCUT2D eigenvalue weighted by molar-refractivity contribution is 7.09. The molecule has 0 radical (unpaired) electrons. The van der Waals surface area contributed by atoms with Crippen LogP contribution in [0.25, 0.3) is 0 Å². The predicted octanol–water partition coefficient (Wildman–Crippen LogP) is 2.57. The minimum Gasteiger partial charge on any atom is -0.490 e. The quantitative estimate of drug-likeness (QED) is 0.728. The van der Waals surface area contributed by atoms with Crippen molar-refractivity contribution in [2.24, 2.45) is 5.73 Å². The second kappa shape index (κ2) is 9.36. The largest absolute Gasteiger partial charge is 0.490 e. The zero-order valence-corrected chi connectivity index (χ0v) is 14.9. The number of hydrogen-bond acceptors (Lipinski definition) is 6. The van der Waals surface area contributed by atoms with Crippen LogP contribution in [0.15, 0.2) is 29.6 Å². The normalized spacial score (nSPS) is 10.8. The van der Waals surface area contributed by atoms with Crippen molar-refractivity contribution in [2.75, 3.05) is 31.6 Å². The first-order valence-electron chi connectivity index (χ1n) is 8.07. The molecule has 24 heavy (non-hydrogen) atoms. The SMILES string of the molecule is CCN(CC)CCOc1ccccc1NC(=O)c1csc(CN)n1. The average Bonchev–Trinajstić information content (AvgIpc) is 3.09. The van der Waals surface area contributed by atoms with E-state index in [0.29, 0.717) is 30.3 Å². The fourth-order valence-corrected chi connectivity index (χ4v) is 2.87. The Bertz CT molecular complexity index is 656. The second-order valence-electron chi connectivity index (χ2n) is 5.16. The van der Waals surface area contributed by atoms with E-state index < -0.39 is 0 Å². The summed E-state index contributed by atoms with van der Waals surface area (Å²) in [6.45, 7) is 7.99. The second-order valence-corrected chi connectivity index (χ2v) is 6.10. The Labute approximate surface area is 146 Å². The molecule has 0 aliphatic heterocycles. The lowest BCUT2D eigenvalue weighted by Crippen LogP contribution is -2.28. The van der Waals surface area contributed by atoms with E-state index >= 15 is 0 Å². The van der Waals surface area contributed by atoms with Crippen LogP contribution in [0.5, 0.6) is 5.75 Å². The highest BCUT2D eigenvalue weighted by atomic mass is 32.1. The van der Waals surface area contributed by atoms with Gasteiger partial charge < -0.3 is 20.7 Å². The van der Waals surface area contributed by atoms with Crippen LogP contribution in [0.3, 0.4) is 0 Å². The number of nitrogens with one attached hydrogen (secondary N) is 1. The molecular formula is C17H24N4O2S. The highest BCUT2D eigenvalue weighted by Gasteiger charge is 2.13. The summed E-state index contributed by atoms with van der Waals surface area (Å²) in [5.74, 6) is 0.401. The van der Waals surface area contributed by atoms with Gasteiger partial charge in [-0.15, -0.1) is 11.3 Å². The average molecular weight is 348 g/mol. The molecule has 3 N–H and O–H groups in total. The number of amides is 1. The molecule has 2 rings (SSSR count).